The lowest BCUT2D eigenvalue weighted by atomic mass is 9.90. The number of Topliss-reactive ketones (excluding diaryl/α,β-unsaturated/α-hetero) is 1. The Morgan fingerprint density at radius 2 is 1.90 bits per heavy atom. The first-order chi connectivity index (χ1) is 13.6. The Morgan fingerprint density at radius 1 is 1.24 bits per heavy atom. The van der Waals surface area contributed by atoms with E-state index >= 15 is 0 Å². The number of fused-ring (bicyclic) bond motifs is 1. The van der Waals surface area contributed by atoms with Crippen LogP contribution in [0, 0.1) is 6.92 Å². The monoisotopic (exact) mass is 427 g/mol. The minimum Gasteiger partial charge on any atom is -0.360 e. The Kier molecular flexibility index (Phi) is 5.30. The van der Waals surface area contributed by atoms with Crippen LogP contribution in [0.2, 0.25) is 5.02 Å². The Labute approximate surface area is 181 Å². The summed E-state index contributed by atoms with van der Waals surface area (Å²) in [6, 6.07) is 9.93. The summed E-state index contributed by atoms with van der Waals surface area (Å²) in [4.78, 5) is 17.6. The zero-order valence-electron chi connectivity index (χ0n) is 17.5. The van der Waals surface area contributed by atoms with Crippen molar-refractivity contribution >= 4 is 38.9 Å². The van der Waals surface area contributed by atoms with Crippen molar-refractivity contribution in [2.45, 2.75) is 65.1 Å². The average molecular weight is 428 g/mol. The largest absolute Gasteiger partial charge is 0.360 e. The van der Waals surface area contributed by atoms with Gasteiger partial charge in [-0.2, -0.15) is 0 Å². The number of benzene rings is 2. The minimum absolute atomic E-state index is 0.00419. The summed E-state index contributed by atoms with van der Waals surface area (Å²) in [7, 11) is 0. The summed E-state index contributed by atoms with van der Waals surface area (Å²) >= 11 is 7.91. The fourth-order valence-electron chi connectivity index (χ4n) is 3.67. The molecule has 3 nitrogen and oxygen atoms in total. The summed E-state index contributed by atoms with van der Waals surface area (Å²) < 4.78 is 7.40. The summed E-state index contributed by atoms with van der Waals surface area (Å²) in [6.45, 7) is 9.60. The van der Waals surface area contributed by atoms with Gasteiger partial charge >= 0.3 is 0 Å². The number of hydrogen-bond acceptors (Lipinski definition) is 4. The smallest absolute Gasteiger partial charge is 0.163 e. The molecule has 0 radical (unpaired) electrons. The first-order valence-electron chi connectivity index (χ1n) is 10.0. The van der Waals surface area contributed by atoms with Gasteiger partial charge in [0, 0.05) is 22.1 Å². The maximum Gasteiger partial charge on any atom is 0.163 e. The molecule has 0 aliphatic heterocycles. The number of halogens is 1. The molecule has 1 aliphatic rings. The third kappa shape index (κ3) is 4.25. The van der Waals surface area contributed by atoms with Crippen LogP contribution in [0.4, 0.5) is 0 Å². The quantitative estimate of drug-likeness (QED) is 0.430. The number of nitrogens with zero attached hydrogens (tertiary/aromatic N) is 1. The number of carbonyl (C=O) groups excluding carboxylic acids is 1. The molecule has 1 fully saturated rings. The van der Waals surface area contributed by atoms with Gasteiger partial charge in [-0.1, -0.05) is 23.7 Å². The van der Waals surface area contributed by atoms with Crippen LogP contribution in [0.3, 0.4) is 0 Å². The number of ketones is 1. The highest BCUT2D eigenvalue weighted by molar-refractivity contribution is 7.19. The topological polar surface area (TPSA) is 39.2 Å². The maximum absolute atomic E-state index is 12.7. The van der Waals surface area contributed by atoms with E-state index in [1.807, 2.05) is 52.0 Å². The summed E-state index contributed by atoms with van der Waals surface area (Å²) in [5.74, 6) is 0.591. The summed E-state index contributed by atoms with van der Waals surface area (Å²) in [5.41, 5.74) is 4.61. The van der Waals surface area contributed by atoms with E-state index in [1.165, 1.54) is 17.8 Å². The lowest BCUT2D eigenvalue weighted by Gasteiger charge is -2.29. The lowest BCUT2D eigenvalue weighted by molar-refractivity contribution is -0.138. The highest BCUT2D eigenvalue weighted by atomic mass is 35.5. The van der Waals surface area contributed by atoms with Crippen molar-refractivity contribution in [3.8, 4) is 11.1 Å². The number of carbonyl (C=O) groups is 1. The lowest BCUT2D eigenvalue weighted by Crippen LogP contribution is -2.27. The van der Waals surface area contributed by atoms with E-state index in [4.69, 9.17) is 21.3 Å². The van der Waals surface area contributed by atoms with E-state index in [0.29, 0.717) is 10.9 Å². The SMILES string of the molecule is CC(=O)[C@@H](OC(C)(C)C)c1c(C)cc2nc(C3CC3)sc2c1-c1ccc(Cl)cc1. The van der Waals surface area contributed by atoms with Crippen LogP contribution < -0.4 is 0 Å². The molecule has 0 saturated heterocycles. The van der Waals surface area contributed by atoms with E-state index in [0.717, 1.165) is 32.5 Å². The highest BCUT2D eigenvalue weighted by Gasteiger charge is 2.32. The Bertz CT molecular complexity index is 1070. The number of ether oxygens (including phenoxy) is 1. The highest BCUT2D eigenvalue weighted by Crippen LogP contribution is 2.47. The second-order valence-corrected chi connectivity index (χ2v) is 10.4. The fourth-order valence-corrected chi connectivity index (χ4v) is 5.09. The molecule has 2 aromatic carbocycles. The van der Waals surface area contributed by atoms with Crippen molar-refractivity contribution < 1.29 is 9.53 Å². The number of aromatic nitrogens is 1. The Hall–Kier alpha value is -1.75. The number of thiazole rings is 1. The van der Waals surface area contributed by atoms with Crippen LogP contribution in [0.15, 0.2) is 30.3 Å². The molecule has 29 heavy (non-hydrogen) atoms. The molecule has 1 aliphatic carbocycles. The van der Waals surface area contributed by atoms with E-state index in [1.54, 1.807) is 18.3 Å². The van der Waals surface area contributed by atoms with Crippen molar-refractivity contribution in [2.24, 2.45) is 0 Å². The molecule has 1 saturated carbocycles. The average Bonchev–Trinajstić information content (AvgIpc) is 3.39. The molecule has 1 aromatic heterocycles. The van der Waals surface area contributed by atoms with Crippen LogP contribution in [0.1, 0.15) is 68.7 Å². The predicted octanol–water partition coefficient (Wildman–Crippen LogP) is 7.25. The third-order valence-electron chi connectivity index (χ3n) is 5.11. The summed E-state index contributed by atoms with van der Waals surface area (Å²) in [6.07, 6.45) is 1.80. The zero-order chi connectivity index (χ0) is 20.9. The molecule has 0 amide bonds. The molecule has 5 heteroatoms. The number of rotatable bonds is 5. The third-order valence-corrected chi connectivity index (χ3v) is 6.61. The molecule has 3 aromatic rings. The van der Waals surface area contributed by atoms with Crippen LogP contribution >= 0.6 is 22.9 Å². The van der Waals surface area contributed by atoms with E-state index < -0.39 is 11.7 Å². The molecule has 0 N–H and O–H groups in total. The minimum atomic E-state index is -0.628. The molecule has 0 bridgehead atoms. The van der Waals surface area contributed by atoms with Crippen LogP contribution in [0.25, 0.3) is 21.3 Å². The predicted molar refractivity (Wildman–Crippen MR) is 121 cm³/mol. The van der Waals surface area contributed by atoms with Gasteiger partial charge in [-0.25, -0.2) is 4.98 Å². The molecular weight excluding hydrogens is 402 g/mol. The van der Waals surface area contributed by atoms with Gasteiger partial charge in [-0.3, -0.25) is 4.79 Å². The van der Waals surface area contributed by atoms with Crippen molar-refractivity contribution in [2.75, 3.05) is 0 Å². The molecule has 4 rings (SSSR count). The van der Waals surface area contributed by atoms with Crippen molar-refractivity contribution in [1.82, 2.24) is 4.98 Å². The van der Waals surface area contributed by atoms with Gasteiger partial charge in [0.15, 0.2) is 5.78 Å². The Morgan fingerprint density at radius 3 is 2.45 bits per heavy atom. The summed E-state index contributed by atoms with van der Waals surface area (Å²) in [5, 5.41) is 1.89. The van der Waals surface area contributed by atoms with E-state index in [2.05, 4.69) is 6.07 Å². The molecule has 152 valence electrons. The molecule has 0 spiro atoms. The van der Waals surface area contributed by atoms with Gasteiger partial charge in [0.1, 0.15) is 6.10 Å². The molecular formula is C24H26ClNO2S. The van der Waals surface area contributed by atoms with Crippen molar-refractivity contribution in [3.63, 3.8) is 0 Å². The van der Waals surface area contributed by atoms with Gasteiger partial charge in [0.05, 0.1) is 20.8 Å². The van der Waals surface area contributed by atoms with Gasteiger partial charge < -0.3 is 4.74 Å². The second-order valence-electron chi connectivity index (χ2n) is 8.88. The van der Waals surface area contributed by atoms with Crippen LogP contribution in [-0.2, 0) is 9.53 Å². The van der Waals surface area contributed by atoms with E-state index in [-0.39, 0.29) is 5.78 Å². The van der Waals surface area contributed by atoms with Gasteiger partial charge in [0.2, 0.25) is 0 Å². The van der Waals surface area contributed by atoms with Gasteiger partial charge in [-0.15, -0.1) is 11.3 Å². The second kappa shape index (κ2) is 7.50. The Balaban J connectivity index is 2.01. The molecule has 1 heterocycles. The van der Waals surface area contributed by atoms with Crippen molar-refractivity contribution in [1.29, 1.82) is 0 Å². The number of aryl methyl sites for hydroxylation is 1. The standard InChI is InChI=1S/C24H26ClNO2S/c1-13-12-18-22(29-23(26-18)16-6-7-16)20(15-8-10-17(25)11-9-15)19(13)21(14(2)27)28-24(3,4)5/h8-12,16,21H,6-7H2,1-5H3/t21-/m1/s1. The first-order valence-corrected chi connectivity index (χ1v) is 11.2. The zero-order valence-corrected chi connectivity index (χ0v) is 19.1. The van der Waals surface area contributed by atoms with Gasteiger partial charge in [0.25, 0.3) is 0 Å². The normalized spacial score (nSPS) is 15.7. The van der Waals surface area contributed by atoms with Crippen LogP contribution in [-0.4, -0.2) is 16.4 Å². The van der Waals surface area contributed by atoms with Gasteiger partial charge in [-0.05, 0) is 76.8 Å². The fraction of sp³-hybridized carbons (Fsp3) is 0.417. The van der Waals surface area contributed by atoms with Crippen LogP contribution in [0.5, 0.6) is 0 Å². The molecule has 0 unspecified atom stereocenters. The van der Waals surface area contributed by atoms with E-state index in [9.17, 15) is 4.79 Å². The first kappa shape index (κ1) is 20.5. The van der Waals surface area contributed by atoms with Crippen molar-refractivity contribution in [3.05, 3.63) is 51.5 Å². The maximum atomic E-state index is 12.7. The molecule has 1 atom stereocenters. The number of hydrogen-bond donors (Lipinski definition) is 0.